The Morgan fingerprint density at radius 1 is 0.828 bits per heavy atom. The molecule has 0 aliphatic heterocycles. The third-order valence-electron chi connectivity index (χ3n) is 3.13. The van der Waals surface area contributed by atoms with Gasteiger partial charge in [0.2, 0.25) is 0 Å². The van der Waals surface area contributed by atoms with Gasteiger partial charge in [0.05, 0.1) is 0 Å². The molecule has 1 aromatic carbocycles. The SMILES string of the molecule is CCc1ccc(OS(=O)(=O)C(F)(F)C(F)(F)C(F)(F)S(=O)(=O)[N-]C(F)(F)F)cc1. The summed E-state index contributed by atoms with van der Waals surface area (Å²) in [4.78, 5) is 0. The summed E-state index contributed by atoms with van der Waals surface area (Å²) in [6.45, 7) is 1.62. The summed E-state index contributed by atoms with van der Waals surface area (Å²) in [6.07, 6.45) is -6.00. The molecule has 0 atom stereocenters. The summed E-state index contributed by atoms with van der Waals surface area (Å²) in [5.41, 5.74) is 0.498. The van der Waals surface area contributed by atoms with Crippen molar-refractivity contribution in [3.05, 3.63) is 34.6 Å². The highest BCUT2D eigenvalue weighted by molar-refractivity contribution is 7.95. The third kappa shape index (κ3) is 4.71. The second-order valence-electron chi connectivity index (χ2n) is 5.18. The molecular formula is C12H9F9NO5S2-. The molecule has 1 aromatic rings. The van der Waals surface area contributed by atoms with Crippen LogP contribution >= 0.6 is 0 Å². The molecule has 0 fully saturated rings. The van der Waals surface area contributed by atoms with Gasteiger partial charge in [0, 0.05) is 0 Å². The molecule has 0 unspecified atom stereocenters. The van der Waals surface area contributed by atoms with E-state index < -0.39 is 48.6 Å². The predicted octanol–water partition coefficient (Wildman–Crippen LogP) is 4.00. The van der Waals surface area contributed by atoms with Crippen LogP contribution in [0.25, 0.3) is 4.72 Å². The quantitative estimate of drug-likeness (QED) is 0.317. The average molecular weight is 482 g/mol. The summed E-state index contributed by atoms with van der Waals surface area (Å²) >= 11 is 0. The highest BCUT2D eigenvalue weighted by atomic mass is 32.2. The molecule has 29 heavy (non-hydrogen) atoms. The Hall–Kier alpha value is -1.75. The van der Waals surface area contributed by atoms with Crippen LogP contribution in [-0.4, -0.2) is 39.6 Å². The van der Waals surface area contributed by atoms with Gasteiger partial charge in [-0.3, -0.25) is 0 Å². The molecule has 0 saturated heterocycles. The molecule has 168 valence electrons. The molecule has 0 amide bonds. The zero-order valence-electron chi connectivity index (χ0n) is 13.7. The van der Waals surface area contributed by atoms with Gasteiger partial charge in [-0.15, -0.1) is 0 Å². The number of hydrogen-bond donors (Lipinski definition) is 0. The fourth-order valence-electron chi connectivity index (χ4n) is 1.64. The van der Waals surface area contributed by atoms with Crippen molar-refractivity contribution >= 4 is 20.1 Å². The van der Waals surface area contributed by atoms with E-state index in [1.165, 1.54) is 0 Å². The molecule has 0 aliphatic carbocycles. The monoisotopic (exact) mass is 482 g/mol. The number of alkyl halides is 9. The second kappa shape index (κ2) is 7.50. The first-order valence-electron chi connectivity index (χ1n) is 6.93. The summed E-state index contributed by atoms with van der Waals surface area (Å²) in [5.74, 6) is -8.45. The Labute approximate surface area is 157 Å². The first kappa shape index (κ1) is 25.3. The number of nitrogens with zero attached hydrogens (tertiary/aromatic N) is 1. The molecule has 0 bridgehead atoms. The molecule has 6 nitrogen and oxygen atoms in total. The summed E-state index contributed by atoms with van der Waals surface area (Å²) < 4.78 is 166. The normalized spacial score (nSPS) is 14.7. The molecule has 0 N–H and O–H groups in total. The third-order valence-corrected chi connectivity index (χ3v) is 5.78. The fourth-order valence-corrected chi connectivity index (χ4v) is 3.46. The summed E-state index contributed by atoms with van der Waals surface area (Å²) in [6, 6.07) is 3.59. The van der Waals surface area contributed by atoms with Gasteiger partial charge >= 0.3 is 32.9 Å². The Morgan fingerprint density at radius 2 is 1.28 bits per heavy atom. The standard InChI is InChI=1S/C12H9F9NO5S2/c1-2-7-3-5-8(6-4-7)27-29(25,26)11(17,18)9(13,14)10(15,16)28(23,24)22-12(19,20)21/h3-6H,2H2,1H3/q-1. The van der Waals surface area contributed by atoms with Crippen LogP contribution in [0.5, 0.6) is 5.75 Å². The lowest BCUT2D eigenvalue weighted by Gasteiger charge is -2.35. The van der Waals surface area contributed by atoms with Gasteiger partial charge in [-0.05, 0) is 24.1 Å². The highest BCUT2D eigenvalue weighted by Gasteiger charge is 2.81. The highest BCUT2D eigenvalue weighted by Crippen LogP contribution is 2.53. The topological polar surface area (TPSA) is 91.6 Å². The maximum absolute atomic E-state index is 13.7. The number of rotatable bonds is 8. The lowest BCUT2D eigenvalue weighted by Crippen LogP contribution is -2.61. The van der Waals surface area contributed by atoms with Crippen LogP contribution in [0.2, 0.25) is 0 Å². The first-order valence-corrected chi connectivity index (χ1v) is 9.78. The number of aryl methyl sites for hydroxylation is 1. The van der Waals surface area contributed by atoms with Crippen molar-refractivity contribution in [2.45, 2.75) is 36.1 Å². The first-order chi connectivity index (χ1) is 12.7. The number of halogens is 9. The Kier molecular flexibility index (Phi) is 6.54. The zero-order valence-corrected chi connectivity index (χ0v) is 15.4. The second-order valence-corrected chi connectivity index (χ2v) is 8.41. The molecule has 0 saturated carbocycles. The minimum atomic E-state index is -7.68. The minimum absolute atomic E-state index is 0.369. The lowest BCUT2D eigenvalue weighted by atomic mass is 10.2. The number of benzene rings is 1. The fraction of sp³-hybridized carbons (Fsp3) is 0.500. The van der Waals surface area contributed by atoms with Crippen molar-refractivity contribution in [3.8, 4) is 5.75 Å². The Bertz CT molecular complexity index is 941. The van der Waals surface area contributed by atoms with Crippen molar-refractivity contribution in [2.24, 2.45) is 0 Å². The smallest absolute Gasteiger partial charge is 0.450 e. The molecular weight excluding hydrogens is 473 g/mol. The molecule has 1 rings (SSSR count). The van der Waals surface area contributed by atoms with Crippen molar-refractivity contribution in [3.63, 3.8) is 0 Å². The van der Waals surface area contributed by atoms with E-state index in [0.29, 0.717) is 28.8 Å². The zero-order chi connectivity index (χ0) is 23.1. The molecule has 0 heterocycles. The minimum Gasteiger partial charge on any atom is -0.452 e. The molecule has 17 heteroatoms. The van der Waals surface area contributed by atoms with Gasteiger partial charge in [-0.2, -0.15) is 47.9 Å². The van der Waals surface area contributed by atoms with E-state index in [4.69, 9.17) is 0 Å². The van der Waals surface area contributed by atoms with Crippen LogP contribution in [0.15, 0.2) is 24.3 Å². The number of hydrogen-bond acceptors (Lipinski definition) is 5. The summed E-state index contributed by atoms with van der Waals surface area (Å²) in [5, 5.41) is -14.3. The average Bonchev–Trinajstić information content (AvgIpc) is 2.52. The van der Waals surface area contributed by atoms with Crippen LogP contribution < -0.4 is 4.18 Å². The van der Waals surface area contributed by atoms with Crippen molar-refractivity contribution in [1.29, 1.82) is 0 Å². The molecule has 0 aromatic heterocycles. The number of sulfonamides is 1. The van der Waals surface area contributed by atoms with Gasteiger partial charge in [0.15, 0.2) is 10.0 Å². The van der Waals surface area contributed by atoms with E-state index in [0.717, 1.165) is 12.1 Å². The van der Waals surface area contributed by atoms with Gasteiger partial charge in [0.1, 0.15) is 5.75 Å². The van der Waals surface area contributed by atoms with Crippen molar-refractivity contribution in [1.82, 2.24) is 0 Å². The largest absolute Gasteiger partial charge is 0.452 e. The molecule has 0 aliphatic rings. The van der Waals surface area contributed by atoms with Gasteiger partial charge in [-0.25, -0.2) is 8.42 Å². The predicted molar refractivity (Wildman–Crippen MR) is 78.5 cm³/mol. The maximum Gasteiger partial charge on any atom is 0.450 e. The van der Waals surface area contributed by atoms with Crippen LogP contribution in [-0.2, 0) is 26.6 Å². The van der Waals surface area contributed by atoms with Gasteiger partial charge < -0.3 is 8.91 Å². The maximum atomic E-state index is 13.7. The Balaban J connectivity index is 3.38. The van der Waals surface area contributed by atoms with Crippen LogP contribution in [0, 0.1) is 0 Å². The Morgan fingerprint density at radius 3 is 1.66 bits per heavy atom. The van der Waals surface area contributed by atoms with Crippen LogP contribution in [0.3, 0.4) is 0 Å². The van der Waals surface area contributed by atoms with Gasteiger partial charge in [-0.1, -0.05) is 19.1 Å². The van der Waals surface area contributed by atoms with Crippen LogP contribution in [0.4, 0.5) is 39.5 Å². The molecule has 0 radical (unpaired) electrons. The van der Waals surface area contributed by atoms with Gasteiger partial charge in [0.25, 0.3) is 0 Å². The van der Waals surface area contributed by atoms with E-state index >= 15 is 0 Å². The van der Waals surface area contributed by atoms with Crippen molar-refractivity contribution in [2.75, 3.05) is 0 Å². The van der Waals surface area contributed by atoms with Crippen molar-refractivity contribution < 1.29 is 60.5 Å². The van der Waals surface area contributed by atoms with E-state index in [1.807, 2.05) is 0 Å². The molecule has 0 spiro atoms. The van der Waals surface area contributed by atoms with E-state index in [1.54, 1.807) is 6.92 Å². The van der Waals surface area contributed by atoms with E-state index in [9.17, 15) is 56.3 Å². The van der Waals surface area contributed by atoms with E-state index in [2.05, 4.69) is 4.18 Å². The summed E-state index contributed by atoms with van der Waals surface area (Å²) in [7, 11) is -14.7. The van der Waals surface area contributed by atoms with E-state index in [-0.39, 0.29) is 0 Å². The lowest BCUT2D eigenvalue weighted by molar-refractivity contribution is -0.245. The van der Waals surface area contributed by atoms with Crippen LogP contribution in [0.1, 0.15) is 12.5 Å².